The summed E-state index contributed by atoms with van der Waals surface area (Å²) in [7, 11) is 1.70. The molecule has 0 atom stereocenters. The normalized spacial score (nSPS) is 19.6. The van der Waals surface area contributed by atoms with Crippen molar-refractivity contribution in [3.63, 3.8) is 0 Å². The molecule has 6 heteroatoms. The summed E-state index contributed by atoms with van der Waals surface area (Å²) in [5.41, 5.74) is 1.87. The highest BCUT2D eigenvalue weighted by molar-refractivity contribution is 5.83. The molecular weight excluding hydrogens is 328 g/mol. The number of nitrogens with one attached hydrogen (secondary N) is 2. The predicted molar refractivity (Wildman–Crippen MR) is 101 cm³/mol. The second-order valence-corrected chi connectivity index (χ2v) is 7.57. The topological polar surface area (TPSA) is 68.2 Å². The number of rotatable bonds is 7. The minimum atomic E-state index is -0.322. The first-order chi connectivity index (χ1) is 12.7. The lowest BCUT2D eigenvalue weighted by Crippen LogP contribution is -2.48. The lowest BCUT2D eigenvalue weighted by molar-refractivity contribution is -0.134. The first kappa shape index (κ1) is 17.5. The van der Waals surface area contributed by atoms with Gasteiger partial charge in [-0.15, -0.1) is 0 Å². The third-order valence-electron chi connectivity index (χ3n) is 5.82. The number of amides is 1. The highest BCUT2D eigenvalue weighted by Gasteiger charge is 2.39. The van der Waals surface area contributed by atoms with Crippen LogP contribution in [0, 0.1) is 5.41 Å². The van der Waals surface area contributed by atoms with Crippen LogP contribution in [0.5, 0.6) is 0 Å². The van der Waals surface area contributed by atoms with Crippen LogP contribution in [0.25, 0.3) is 11.0 Å². The zero-order valence-electron chi connectivity index (χ0n) is 15.5. The number of para-hydroxylation sites is 2. The van der Waals surface area contributed by atoms with Crippen molar-refractivity contribution in [1.29, 1.82) is 0 Å². The van der Waals surface area contributed by atoms with E-state index < -0.39 is 0 Å². The third-order valence-corrected chi connectivity index (χ3v) is 5.82. The average molecular weight is 356 g/mol. The van der Waals surface area contributed by atoms with Gasteiger partial charge in [0.15, 0.2) is 0 Å². The number of aromatic nitrogens is 2. The fourth-order valence-electron chi connectivity index (χ4n) is 4.10. The van der Waals surface area contributed by atoms with Crippen LogP contribution in [-0.4, -0.2) is 42.3 Å². The number of benzene rings is 1. The fourth-order valence-corrected chi connectivity index (χ4v) is 4.10. The van der Waals surface area contributed by atoms with Crippen LogP contribution in [0.1, 0.15) is 44.0 Å². The molecule has 0 bridgehead atoms. The highest BCUT2D eigenvalue weighted by Crippen LogP contribution is 2.39. The number of nitrogens with zero attached hydrogens (tertiary/aromatic N) is 2. The number of imidazole rings is 1. The standard InChI is InChI=1S/C20H28N4O2/c1-26-13-10-20(8-11-21-12-9-20)19(25)22-14-18-23-16-4-2-3-5-17(16)24(18)15-6-7-15/h2-5,15,21H,6-14H2,1H3,(H,22,25). The Morgan fingerprint density at radius 3 is 2.85 bits per heavy atom. The van der Waals surface area contributed by atoms with Gasteiger partial charge in [-0.2, -0.15) is 0 Å². The molecule has 1 aromatic heterocycles. The number of piperidine rings is 1. The van der Waals surface area contributed by atoms with Gasteiger partial charge in [0.05, 0.1) is 23.0 Å². The monoisotopic (exact) mass is 356 g/mol. The van der Waals surface area contributed by atoms with Crippen molar-refractivity contribution in [2.75, 3.05) is 26.8 Å². The zero-order chi connectivity index (χ0) is 18.0. The van der Waals surface area contributed by atoms with Gasteiger partial charge in [-0.05, 0) is 57.3 Å². The number of carbonyl (C=O) groups is 1. The molecule has 1 aliphatic heterocycles. The van der Waals surface area contributed by atoms with Crippen LogP contribution in [0.3, 0.4) is 0 Å². The highest BCUT2D eigenvalue weighted by atomic mass is 16.5. The molecule has 0 radical (unpaired) electrons. The lowest BCUT2D eigenvalue weighted by Gasteiger charge is -2.36. The number of carbonyl (C=O) groups excluding carboxylic acids is 1. The molecule has 140 valence electrons. The molecule has 2 N–H and O–H groups in total. The van der Waals surface area contributed by atoms with Crippen molar-refractivity contribution >= 4 is 16.9 Å². The number of methoxy groups -OCH3 is 1. The molecule has 6 nitrogen and oxygen atoms in total. The summed E-state index contributed by atoms with van der Waals surface area (Å²) in [6, 6.07) is 8.78. The van der Waals surface area contributed by atoms with Gasteiger partial charge in [-0.25, -0.2) is 4.98 Å². The van der Waals surface area contributed by atoms with E-state index in [1.165, 1.54) is 18.4 Å². The summed E-state index contributed by atoms with van der Waals surface area (Å²) in [6.45, 7) is 2.88. The van der Waals surface area contributed by atoms with Gasteiger partial charge in [-0.1, -0.05) is 12.1 Å². The van der Waals surface area contributed by atoms with E-state index in [1.807, 2.05) is 12.1 Å². The summed E-state index contributed by atoms with van der Waals surface area (Å²) >= 11 is 0. The molecule has 1 saturated carbocycles. The van der Waals surface area contributed by atoms with E-state index in [0.29, 0.717) is 19.2 Å². The summed E-state index contributed by atoms with van der Waals surface area (Å²) < 4.78 is 7.58. The minimum absolute atomic E-state index is 0.144. The summed E-state index contributed by atoms with van der Waals surface area (Å²) in [4.78, 5) is 17.9. The summed E-state index contributed by atoms with van der Waals surface area (Å²) in [6.07, 6.45) is 4.90. The van der Waals surface area contributed by atoms with E-state index >= 15 is 0 Å². The maximum absolute atomic E-state index is 13.1. The number of hydrogen-bond acceptors (Lipinski definition) is 4. The first-order valence-corrected chi connectivity index (χ1v) is 9.67. The predicted octanol–water partition coefficient (Wildman–Crippen LogP) is 2.39. The average Bonchev–Trinajstić information content (AvgIpc) is 3.45. The number of fused-ring (bicyclic) bond motifs is 1. The SMILES string of the molecule is COCCC1(C(=O)NCc2nc3ccccc3n2C2CC2)CCNCC1. The van der Waals surface area contributed by atoms with Crippen molar-refractivity contribution in [3.8, 4) is 0 Å². The van der Waals surface area contributed by atoms with Gasteiger partial charge in [0.1, 0.15) is 5.82 Å². The lowest BCUT2D eigenvalue weighted by atomic mass is 9.75. The van der Waals surface area contributed by atoms with Crippen molar-refractivity contribution in [1.82, 2.24) is 20.2 Å². The number of hydrogen-bond donors (Lipinski definition) is 2. The molecule has 1 amide bonds. The van der Waals surface area contributed by atoms with Gasteiger partial charge in [0.2, 0.25) is 5.91 Å². The van der Waals surface area contributed by atoms with E-state index in [9.17, 15) is 4.79 Å². The molecule has 1 aliphatic carbocycles. The van der Waals surface area contributed by atoms with Gasteiger partial charge < -0.3 is 19.9 Å². The van der Waals surface area contributed by atoms with E-state index in [1.54, 1.807) is 7.11 Å². The molecule has 1 saturated heterocycles. The Morgan fingerprint density at radius 2 is 2.12 bits per heavy atom. The first-order valence-electron chi connectivity index (χ1n) is 9.67. The van der Waals surface area contributed by atoms with Crippen LogP contribution in [0.4, 0.5) is 0 Å². The van der Waals surface area contributed by atoms with Crippen LogP contribution < -0.4 is 10.6 Å². The largest absolute Gasteiger partial charge is 0.385 e. The van der Waals surface area contributed by atoms with Crippen LogP contribution in [-0.2, 0) is 16.1 Å². The van der Waals surface area contributed by atoms with E-state index in [0.717, 1.165) is 43.7 Å². The molecule has 2 fully saturated rings. The molecule has 0 unspecified atom stereocenters. The summed E-state index contributed by atoms with van der Waals surface area (Å²) in [5.74, 6) is 1.11. The Bertz CT molecular complexity index is 775. The van der Waals surface area contributed by atoms with E-state index in [-0.39, 0.29) is 11.3 Å². The van der Waals surface area contributed by atoms with Crippen LogP contribution in [0.15, 0.2) is 24.3 Å². The Hall–Kier alpha value is -1.92. The number of ether oxygens (including phenoxy) is 1. The van der Waals surface area contributed by atoms with Gasteiger partial charge in [0.25, 0.3) is 0 Å². The molecule has 2 aromatic rings. The Morgan fingerprint density at radius 1 is 1.35 bits per heavy atom. The molecule has 2 aliphatic rings. The zero-order valence-corrected chi connectivity index (χ0v) is 15.5. The smallest absolute Gasteiger partial charge is 0.226 e. The molecule has 2 heterocycles. The second-order valence-electron chi connectivity index (χ2n) is 7.57. The van der Waals surface area contributed by atoms with Crippen molar-refractivity contribution < 1.29 is 9.53 Å². The molecular formula is C20H28N4O2. The van der Waals surface area contributed by atoms with Crippen molar-refractivity contribution in [2.45, 2.75) is 44.7 Å². The summed E-state index contributed by atoms with van der Waals surface area (Å²) in [5, 5.41) is 6.55. The van der Waals surface area contributed by atoms with E-state index in [4.69, 9.17) is 9.72 Å². The molecule has 1 aromatic carbocycles. The van der Waals surface area contributed by atoms with Gasteiger partial charge in [0, 0.05) is 19.8 Å². The Labute approximate surface area is 154 Å². The van der Waals surface area contributed by atoms with Crippen molar-refractivity contribution in [2.24, 2.45) is 5.41 Å². The fraction of sp³-hybridized carbons (Fsp3) is 0.600. The van der Waals surface area contributed by atoms with E-state index in [2.05, 4.69) is 27.3 Å². The molecule has 0 spiro atoms. The third kappa shape index (κ3) is 3.35. The second kappa shape index (κ2) is 7.37. The van der Waals surface area contributed by atoms with Crippen molar-refractivity contribution in [3.05, 3.63) is 30.1 Å². The van der Waals surface area contributed by atoms with Gasteiger partial charge in [-0.3, -0.25) is 4.79 Å². The van der Waals surface area contributed by atoms with Gasteiger partial charge >= 0.3 is 0 Å². The molecule has 4 rings (SSSR count). The van der Waals surface area contributed by atoms with Crippen LogP contribution >= 0.6 is 0 Å². The Kier molecular flexibility index (Phi) is 4.96. The quantitative estimate of drug-likeness (QED) is 0.799. The van der Waals surface area contributed by atoms with Crippen LogP contribution in [0.2, 0.25) is 0 Å². The maximum Gasteiger partial charge on any atom is 0.226 e. The minimum Gasteiger partial charge on any atom is -0.385 e. The molecule has 26 heavy (non-hydrogen) atoms. The maximum atomic E-state index is 13.1. The Balaban J connectivity index is 1.51.